The maximum Gasteiger partial charge on any atom is 0.272 e. The van der Waals surface area contributed by atoms with Crippen molar-refractivity contribution in [1.29, 1.82) is 5.26 Å². The summed E-state index contributed by atoms with van der Waals surface area (Å²) in [5, 5.41) is 33.4. The van der Waals surface area contributed by atoms with Gasteiger partial charge < -0.3 is 25.8 Å². The molecule has 3 aromatic rings. The molecule has 1 unspecified atom stereocenters. The molecular formula is C25H28N8O3. The average Bonchev–Trinajstić information content (AvgIpc) is 3.44. The summed E-state index contributed by atoms with van der Waals surface area (Å²) in [6, 6.07) is 9.49. The molecule has 1 fully saturated rings. The second-order valence-electron chi connectivity index (χ2n) is 9.42. The Balaban J connectivity index is 1.38. The fraction of sp³-hybridized carbons (Fsp3) is 0.400. The van der Waals surface area contributed by atoms with Gasteiger partial charge in [-0.25, -0.2) is 9.97 Å². The summed E-state index contributed by atoms with van der Waals surface area (Å²) in [5.41, 5.74) is 3.33. The molecule has 4 heterocycles. The van der Waals surface area contributed by atoms with Crippen molar-refractivity contribution >= 4 is 23.4 Å². The summed E-state index contributed by atoms with van der Waals surface area (Å²) in [6.07, 6.45) is 3.20. The fourth-order valence-corrected chi connectivity index (χ4v) is 4.56. The largest absolute Gasteiger partial charge is 0.395 e. The second kappa shape index (κ2) is 9.56. The van der Waals surface area contributed by atoms with Crippen LogP contribution in [0.4, 0.5) is 17.5 Å². The Bertz CT molecular complexity index is 1340. The summed E-state index contributed by atoms with van der Waals surface area (Å²) in [7, 11) is 1.74. The predicted molar refractivity (Wildman–Crippen MR) is 133 cm³/mol. The van der Waals surface area contributed by atoms with Crippen LogP contribution in [0.15, 0.2) is 30.5 Å². The molecule has 0 radical (unpaired) electrons. The van der Waals surface area contributed by atoms with Gasteiger partial charge in [0.25, 0.3) is 5.91 Å². The molecule has 36 heavy (non-hydrogen) atoms. The van der Waals surface area contributed by atoms with Crippen molar-refractivity contribution in [1.82, 2.24) is 25.1 Å². The van der Waals surface area contributed by atoms with Gasteiger partial charge in [-0.15, -0.1) is 0 Å². The fourth-order valence-electron chi connectivity index (χ4n) is 4.56. The molecule has 4 N–H and O–H groups in total. The van der Waals surface area contributed by atoms with Crippen molar-refractivity contribution in [3.8, 4) is 17.3 Å². The lowest BCUT2D eigenvalue weighted by Crippen LogP contribution is -2.39. The van der Waals surface area contributed by atoms with Crippen molar-refractivity contribution in [2.75, 3.05) is 37.0 Å². The number of benzene rings is 1. The summed E-state index contributed by atoms with van der Waals surface area (Å²) in [4.78, 5) is 21.6. The summed E-state index contributed by atoms with van der Waals surface area (Å²) in [6.45, 7) is 3.76. The van der Waals surface area contributed by atoms with Crippen molar-refractivity contribution in [2.45, 2.75) is 31.2 Å². The van der Waals surface area contributed by atoms with E-state index in [4.69, 9.17) is 4.74 Å². The Morgan fingerprint density at radius 1 is 1.36 bits per heavy atom. The molecule has 1 aromatic carbocycles. The molecule has 1 amide bonds. The van der Waals surface area contributed by atoms with Crippen LogP contribution in [-0.4, -0.2) is 63.2 Å². The molecule has 0 bridgehead atoms. The lowest BCUT2D eigenvalue weighted by atomic mass is 9.83. The first kappa shape index (κ1) is 23.7. The number of carbonyl (C=O) groups is 1. The molecule has 0 saturated carbocycles. The first-order chi connectivity index (χ1) is 17.4. The summed E-state index contributed by atoms with van der Waals surface area (Å²) in [5.74, 6) is 0.657. The topological polar surface area (TPSA) is 150 Å². The number of anilines is 3. The smallest absolute Gasteiger partial charge is 0.272 e. The van der Waals surface area contributed by atoms with Gasteiger partial charge in [0.15, 0.2) is 5.69 Å². The van der Waals surface area contributed by atoms with Crippen molar-refractivity contribution in [3.05, 3.63) is 47.3 Å². The first-order valence-electron chi connectivity index (χ1n) is 11.9. The second-order valence-corrected chi connectivity index (χ2v) is 9.42. The Kier molecular flexibility index (Phi) is 6.30. The van der Waals surface area contributed by atoms with E-state index in [-0.39, 0.29) is 18.6 Å². The number of nitrogens with zero attached hydrogens (tertiary/aromatic N) is 5. The maximum absolute atomic E-state index is 12.7. The molecule has 0 aliphatic carbocycles. The molecule has 186 valence electrons. The van der Waals surface area contributed by atoms with Gasteiger partial charge in [0, 0.05) is 56.1 Å². The van der Waals surface area contributed by atoms with Crippen molar-refractivity contribution < 1.29 is 14.6 Å². The SMILES string of the molecule is Cn1nc(C(=O)NC2CCOCC2)cc1Nc1nccc(-c2cc(C#N)c3c(c2)C(C)(CO)CN3)n1. The summed E-state index contributed by atoms with van der Waals surface area (Å²) >= 11 is 0. The minimum atomic E-state index is -0.485. The van der Waals surface area contributed by atoms with E-state index >= 15 is 0 Å². The van der Waals surface area contributed by atoms with Crippen LogP contribution in [0.5, 0.6) is 0 Å². The third kappa shape index (κ3) is 4.48. The van der Waals surface area contributed by atoms with E-state index in [0.717, 1.165) is 29.7 Å². The van der Waals surface area contributed by atoms with Gasteiger partial charge in [-0.3, -0.25) is 9.48 Å². The van der Waals surface area contributed by atoms with E-state index in [1.807, 2.05) is 13.0 Å². The van der Waals surface area contributed by atoms with E-state index in [0.29, 0.717) is 48.5 Å². The number of nitrogens with one attached hydrogen (secondary N) is 3. The van der Waals surface area contributed by atoms with Crippen LogP contribution in [0.2, 0.25) is 0 Å². The third-order valence-corrected chi connectivity index (χ3v) is 6.77. The predicted octanol–water partition coefficient (Wildman–Crippen LogP) is 2.08. The molecule has 2 aliphatic heterocycles. The third-order valence-electron chi connectivity index (χ3n) is 6.77. The van der Waals surface area contributed by atoms with Gasteiger partial charge in [-0.1, -0.05) is 6.92 Å². The number of nitriles is 1. The zero-order valence-corrected chi connectivity index (χ0v) is 20.2. The lowest BCUT2D eigenvalue weighted by molar-refractivity contribution is 0.0694. The zero-order chi connectivity index (χ0) is 25.3. The Labute approximate surface area is 208 Å². The van der Waals surface area contributed by atoms with Crippen LogP contribution in [0.25, 0.3) is 11.3 Å². The van der Waals surface area contributed by atoms with E-state index in [9.17, 15) is 15.2 Å². The first-order valence-corrected chi connectivity index (χ1v) is 11.9. The number of hydrogen-bond donors (Lipinski definition) is 4. The van der Waals surface area contributed by atoms with Crippen LogP contribution >= 0.6 is 0 Å². The highest BCUT2D eigenvalue weighted by molar-refractivity contribution is 5.93. The lowest BCUT2D eigenvalue weighted by Gasteiger charge is -2.22. The highest BCUT2D eigenvalue weighted by Gasteiger charge is 2.36. The summed E-state index contributed by atoms with van der Waals surface area (Å²) < 4.78 is 6.91. The molecule has 2 aromatic heterocycles. The molecule has 11 heteroatoms. The number of hydrogen-bond acceptors (Lipinski definition) is 9. The molecule has 2 aliphatic rings. The number of aryl methyl sites for hydroxylation is 1. The van der Waals surface area contributed by atoms with E-state index in [1.165, 1.54) is 0 Å². The standard InChI is InChI=1S/C25H28N8O3/c1-25(14-34)13-28-22-16(12-26)9-15(10-18(22)25)19-3-6-27-24(30-19)31-21-11-20(32-33(21)2)23(35)29-17-4-7-36-8-5-17/h3,6,9-11,17,28,34H,4-5,7-8,13-14H2,1-2H3,(H,29,35)(H,27,30,31). The monoisotopic (exact) mass is 488 g/mol. The molecule has 1 saturated heterocycles. The molecular weight excluding hydrogens is 460 g/mol. The van der Waals surface area contributed by atoms with Gasteiger partial charge in [0.1, 0.15) is 11.9 Å². The van der Waals surface area contributed by atoms with Gasteiger partial charge in [0.2, 0.25) is 5.95 Å². The number of amides is 1. The minimum absolute atomic E-state index is 0.0389. The van der Waals surface area contributed by atoms with Crippen LogP contribution in [0, 0.1) is 11.3 Å². The Morgan fingerprint density at radius 3 is 2.92 bits per heavy atom. The number of fused-ring (bicyclic) bond motifs is 1. The normalized spacial score (nSPS) is 19.3. The minimum Gasteiger partial charge on any atom is -0.395 e. The van der Waals surface area contributed by atoms with Crippen molar-refractivity contribution in [3.63, 3.8) is 0 Å². The molecule has 11 nitrogen and oxygen atoms in total. The van der Waals surface area contributed by atoms with Gasteiger partial charge >= 0.3 is 0 Å². The molecule has 0 spiro atoms. The number of aliphatic hydroxyl groups is 1. The van der Waals surface area contributed by atoms with Crippen LogP contribution < -0.4 is 16.0 Å². The van der Waals surface area contributed by atoms with Gasteiger partial charge in [-0.05, 0) is 36.6 Å². The average molecular weight is 489 g/mol. The van der Waals surface area contributed by atoms with Crippen LogP contribution in [-0.2, 0) is 17.2 Å². The number of aliphatic hydroxyl groups excluding tert-OH is 1. The number of ether oxygens (including phenoxy) is 1. The molecule has 5 rings (SSSR count). The molecule has 1 atom stereocenters. The maximum atomic E-state index is 12.7. The van der Waals surface area contributed by atoms with E-state index in [1.54, 1.807) is 36.1 Å². The van der Waals surface area contributed by atoms with E-state index in [2.05, 4.69) is 37.1 Å². The van der Waals surface area contributed by atoms with Crippen LogP contribution in [0.1, 0.15) is 41.4 Å². The van der Waals surface area contributed by atoms with Crippen molar-refractivity contribution in [2.24, 2.45) is 7.05 Å². The quantitative estimate of drug-likeness (QED) is 0.409. The highest BCUT2D eigenvalue weighted by atomic mass is 16.5. The highest BCUT2D eigenvalue weighted by Crippen LogP contribution is 2.41. The Hall–Kier alpha value is -4.01. The zero-order valence-electron chi connectivity index (χ0n) is 20.2. The number of aromatic nitrogens is 4. The van der Waals surface area contributed by atoms with Gasteiger partial charge in [0.05, 0.1) is 23.6 Å². The number of carbonyl (C=O) groups excluding carboxylic acids is 1. The van der Waals surface area contributed by atoms with Gasteiger partial charge in [-0.2, -0.15) is 10.4 Å². The Morgan fingerprint density at radius 2 is 2.17 bits per heavy atom. The van der Waals surface area contributed by atoms with E-state index < -0.39 is 5.41 Å². The van der Waals surface area contributed by atoms with Crippen LogP contribution in [0.3, 0.4) is 0 Å². The number of rotatable bonds is 6.